The van der Waals surface area contributed by atoms with Gasteiger partial charge in [-0.25, -0.2) is 0 Å². The lowest BCUT2D eigenvalue weighted by Gasteiger charge is -2.26. The SMILES string of the molecule is CCN(CC(=O)c1cccc(Cl)c1)C(C)COC. The molecule has 0 aliphatic rings. The molecule has 0 heterocycles. The van der Waals surface area contributed by atoms with Crippen molar-refractivity contribution in [2.45, 2.75) is 19.9 Å². The first-order valence-corrected chi connectivity index (χ1v) is 6.48. The minimum atomic E-state index is 0.0855. The standard InChI is InChI=1S/C14H20ClNO2/c1-4-16(11(2)10-18-3)9-14(17)12-6-5-7-13(15)8-12/h5-8,11H,4,9-10H2,1-3H3. The normalized spacial score (nSPS) is 12.7. The molecule has 1 aromatic rings. The summed E-state index contributed by atoms with van der Waals surface area (Å²) >= 11 is 5.89. The van der Waals surface area contributed by atoms with E-state index in [9.17, 15) is 4.79 Å². The number of rotatable bonds is 7. The Labute approximate surface area is 114 Å². The van der Waals surface area contributed by atoms with Crippen LogP contribution in [0.4, 0.5) is 0 Å². The molecule has 0 bridgehead atoms. The smallest absolute Gasteiger partial charge is 0.176 e. The van der Waals surface area contributed by atoms with E-state index in [0.717, 1.165) is 6.54 Å². The number of hydrogen-bond donors (Lipinski definition) is 0. The van der Waals surface area contributed by atoms with Gasteiger partial charge in [0.25, 0.3) is 0 Å². The van der Waals surface area contributed by atoms with Crippen LogP contribution in [0.3, 0.4) is 0 Å². The fraction of sp³-hybridized carbons (Fsp3) is 0.500. The summed E-state index contributed by atoms with van der Waals surface area (Å²) in [5, 5.41) is 0.592. The number of Topliss-reactive ketones (excluding diaryl/α,β-unsaturated/α-hetero) is 1. The highest BCUT2D eigenvalue weighted by molar-refractivity contribution is 6.31. The van der Waals surface area contributed by atoms with Crippen LogP contribution in [0.1, 0.15) is 24.2 Å². The maximum absolute atomic E-state index is 12.1. The molecule has 0 amide bonds. The van der Waals surface area contributed by atoms with Crippen LogP contribution in [0.2, 0.25) is 5.02 Å². The quantitative estimate of drug-likeness (QED) is 0.713. The lowest BCUT2D eigenvalue weighted by Crippen LogP contribution is -2.39. The predicted octanol–water partition coefficient (Wildman–Crippen LogP) is 2.88. The maximum Gasteiger partial charge on any atom is 0.176 e. The Bertz CT molecular complexity index is 395. The van der Waals surface area contributed by atoms with E-state index in [-0.39, 0.29) is 11.8 Å². The molecule has 18 heavy (non-hydrogen) atoms. The molecule has 1 aromatic carbocycles. The fourth-order valence-corrected chi connectivity index (χ4v) is 2.05. The number of carbonyl (C=O) groups is 1. The van der Waals surface area contributed by atoms with E-state index in [4.69, 9.17) is 16.3 Å². The van der Waals surface area contributed by atoms with E-state index in [1.54, 1.807) is 31.4 Å². The molecule has 0 aliphatic heterocycles. The van der Waals surface area contributed by atoms with Gasteiger partial charge in [-0.2, -0.15) is 0 Å². The number of nitrogens with zero attached hydrogens (tertiary/aromatic N) is 1. The molecular weight excluding hydrogens is 250 g/mol. The van der Waals surface area contributed by atoms with E-state index < -0.39 is 0 Å². The molecule has 0 fully saturated rings. The molecule has 0 aromatic heterocycles. The van der Waals surface area contributed by atoms with Gasteiger partial charge in [0.1, 0.15) is 0 Å². The molecule has 0 saturated heterocycles. The second-order valence-electron chi connectivity index (χ2n) is 4.30. The van der Waals surface area contributed by atoms with Gasteiger partial charge < -0.3 is 4.74 Å². The molecule has 1 rings (SSSR count). The van der Waals surface area contributed by atoms with Crippen LogP contribution in [-0.4, -0.2) is 43.5 Å². The molecule has 0 spiro atoms. The molecule has 100 valence electrons. The monoisotopic (exact) mass is 269 g/mol. The van der Waals surface area contributed by atoms with Crippen LogP contribution in [0.15, 0.2) is 24.3 Å². The summed E-state index contributed by atoms with van der Waals surface area (Å²) < 4.78 is 5.12. The van der Waals surface area contributed by atoms with Gasteiger partial charge in [-0.3, -0.25) is 9.69 Å². The van der Waals surface area contributed by atoms with Crippen molar-refractivity contribution in [3.8, 4) is 0 Å². The van der Waals surface area contributed by atoms with Crippen molar-refractivity contribution in [2.75, 3.05) is 26.8 Å². The minimum absolute atomic E-state index is 0.0855. The Kier molecular flexibility index (Phi) is 6.33. The average molecular weight is 270 g/mol. The number of hydrogen-bond acceptors (Lipinski definition) is 3. The first-order chi connectivity index (χ1) is 8.58. The Balaban J connectivity index is 2.67. The molecule has 3 nitrogen and oxygen atoms in total. The molecular formula is C14H20ClNO2. The molecule has 0 aliphatic carbocycles. The third kappa shape index (κ3) is 4.41. The van der Waals surface area contributed by atoms with Crippen molar-refractivity contribution in [1.29, 1.82) is 0 Å². The van der Waals surface area contributed by atoms with Gasteiger partial charge in [-0.15, -0.1) is 0 Å². The van der Waals surface area contributed by atoms with Crippen molar-refractivity contribution >= 4 is 17.4 Å². The maximum atomic E-state index is 12.1. The van der Waals surface area contributed by atoms with E-state index in [0.29, 0.717) is 23.7 Å². The lowest BCUT2D eigenvalue weighted by atomic mass is 10.1. The van der Waals surface area contributed by atoms with Crippen LogP contribution >= 0.6 is 11.6 Å². The zero-order chi connectivity index (χ0) is 13.5. The lowest BCUT2D eigenvalue weighted by molar-refractivity contribution is 0.0788. The topological polar surface area (TPSA) is 29.5 Å². The summed E-state index contributed by atoms with van der Waals surface area (Å²) in [5.41, 5.74) is 0.658. The number of halogens is 1. The summed E-state index contributed by atoms with van der Waals surface area (Å²) in [6, 6.07) is 7.29. The average Bonchev–Trinajstić information content (AvgIpc) is 2.35. The minimum Gasteiger partial charge on any atom is -0.383 e. The fourth-order valence-electron chi connectivity index (χ4n) is 1.86. The van der Waals surface area contributed by atoms with Crippen molar-refractivity contribution in [3.63, 3.8) is 0 Å². The van der Waals surface area contributed by atoms with Crippen LogP contribution in [-0.2, 0) is 4.74 Å². The van der Waals surface area contributed by atoms with Gasteiger partial charge in [0, 0.05) is 23.7 Å². The van der Waals surface area contributed by atoms with E-state index in [1.807, 2.05) is 6.92 Å². The highest BCUT2D eigenvalue weighted by Crippen LogP contribution is 2.12. The summed E-state index contributed by atoms with van der Waals surface area (Å²) in [5.74, 6) is 0.0855. The molecule has 1 atom stereocenters. The van der Waals surface area contributed by atoms with E-state index in [2.05, 4.69) is 11.8 Å². The molecule has 1 unspecified atom stereocenters. The number of benzene rings is 1. The Morgan fingerprint density at radius 3 is 2.78 bits per heavy atom. The largest absolute Gasteiger partial charge is 0.383 e. The van der Waals surface area contributed by atoms with Crippen molar-refractivity contribution in [3.05, 3.63) is 34.9 Å². The van der Waals surface area contributed by atoms with E-state index in [1.165, 1.54) is 0 Å². The van der Waals surface area contributed by atoms with Crippen molar-refractivity contribution < 1.29 is 9.53 Å². The van der Waals surface area contributed by atoms with Gasteiger partial charge in [0.15, 0.2) is 5.78 Å². The molecule has 0 radical (unpaired) electrons. The predicted molar refractivity (Wildman–Crippen MR) is 74.4 cm³/mol. The second-order valence-corrected chi connectivity index (χ2v) is 4.74. The van der Waals surface area contributed by atoms with Gasteiger partial charge in [-0.1, -0.05) is 30.7 Å². The first-order valence-electron chi connectivity index (χ1n) is 6.10. The van der Waals surface area contributed by atoms with Crippen LogP contribution in [0, 0.1) is 0 Å². The number of ketones is 1. The van der Waals surface area contributed by atoms with Crippen LogP contribution < -0.4 is 0 Å². The van der Waals surface area contributed by atoms with Gasteiger partial charge in [0.05, 0.1) is 13.2 Å². The number of methoxy groups -OCH3 is 1. The zero-order valence-corrected chi connectivity index (χ0v) is 11.9. The summed E-state index contributed by atoms with van der Waals surface area (Å²) in [4.78, 5) is 14.2. The number of ether oxygens (including phenoxy) is 1. The summed E-state index contributed by atoms with van der Waals surface area (Å²) in [6.07, 6.45) is 0. The van der Waals surface area contributed by atoms with Crippen molar-refractivity contribution in [1.82, 2.24) is 4.90 Å². The summed E-state index contributed by atoms with van der Waals surface area (Å²) in [7, 11) is 1.67. The third-order valence-electron chi connectivity index (χ3n) is 2.93. The Morgan fingerprint density at radius 1 is 1.50 bits per heavy atom. The number of likely N-dealkylation sites (N-methyl/N-ethyl adjacent to an activating group) is 1. The van der Waals surface area contributed by atoms with Crippen LogP contribution in [0.25, 0.3) is 0 Å². The first kappa shape index (κ1) is 15.2. The van der Waals surface area contributed by atoms with Gasteiger partial charge in [-0.05, 0) is 25.6 Å². The molecule has 0 N–H and O–H groups in total. The Morgan fingerprint density at radius 2 is 2.22 bits per heavy atom. The number of carbonyl (C=O) groups excluding carboxylic acids is 1. The van der Waals surface area contributed by atoms with Gasteiger partial charge in [0.2, 0.25) is 0 Å². The van der Waals surface area contributed by atoms with Crippen molar-refractivity contribution in [2.24, 2.45) is 0 Å². The molecule has 4 heteroatoms. The highest BCUT2D eigenvalue weighted by Gasteiger charge is 2.16. The van der Waals surface area contributed by atoms with E-state index >= 15 is 0 Å². The summed E-state index contributed by atoms with van der Waals surface area (Å²) in [6.45, 7) is 5.92. The second kappa shape index (κ2) is 7.52. The Hall–Kier alpha value is -0.900. The zero-order valence-electron chi connectivity index (χ0n) is 11.1. The highest BCUT2D eigenvalue weighted by atomic mass is 35.5. The van der Waals surface area contributed by atoms with Crippen LogP contribution in [0.5, 0.6) is 0 Å². The van der Waals surface area contributed by atoms with Gasteiger partial charge >= 0.3 is 0 Å². The molecule has 0 saturated carbocycles. The third-order valence-corrected chi connectivity index (χ3v) is 3.17.